The highest BCUT2D eigenvalue weighted by Crippen LogP contribution is 2.31. The van der Waals surface area contributed by atoms with Crippen LogP contribution in [0.3, 0.4) is 0 Å². The van der Waals surface area contributed by atoms with Crippen LogP contribution in [-0.2, 0) is 23.7 Å². The highest BCUT2D eigenvalue weighted by Gasteiger charge is 2.50. The third kappa shape index (κ3) is 2.28. The fraction of sp³-hybridized carbons (Fsp3) is 0.818. The van der Waals surface area contributed by atoms with E-state index < -0.39 is 12.4 Å². The second-order valence-corrected chi connectivity index (χ2v) is 4.24. The molecular formula is C11H17NO5. The first kappa shape index (κ1) is 12.3. The Hall–Kier alpha value is -1.14. The second-order valence-electron chi connectivity index (χ2n) is 4.24. The Morgan fingerprint density at radius 2 is 2.18 bits per heavy atom. The molecule has 1 saturated heterocycles. The van der Waals surface area contributed by atoms with E-state index in [9.17, 15) is 4.79 Å². The molecule has 0 N–H and O–H groups in total. The molecule has 0 amide bonds. The van der Waals surface area contributed by atoms with E-state index in [1.165, 1.54) is 14.0 Å². The van der Waals surface area contributed by atoms with E-state index in [1.54, 1.807) is 6.92 Å². The third-order valence-corrected chi connectivity index (χ3v) is 2.93. The zero-order valence-electron chi connectivity index (χ0n) is 10.4. The van der Waals surface area contributed by atoms with Gasteiger partial charge in [0.05, 0.1) is 6.10 Å². The molecule has 0 radical (unpaired) electrons. The van der Waals surface area contributed by atoms with Gasteiger partial charge in [-0.3, -0.25) is 4.79 Å². The molecule has 2 heterocycles. The highest BCUT2D eigenvalue weighted by atomic mass is 16.7. The highest BCUT2D eigenvalue weighted by molar-refractivity contribution is 5.75. The summed E-state index contributed by atoms with van der Waals surface area (Å²) >= 11 is 0. The van der Waals surface area contributed by atoms with Crippen LogP contribution in [0.2, 0.25) is 0 Å². The number of carbonyl (C=O) groups is 1. The van der Waals surface area contributed by atoms with Gasteiger partial charge in [-0.15, -0.1) is 0 Å². The van der Waals surface area contributed by atoms with Crippen molar-refractivity contribution >= 4 is 11.9 Å². The molecule has 0 aromatic heterocycles. The van der Waals surface area contributed by atoms with Gasteiger partial charge in [0, 0.05) is 21.0 Å². The fourth-order valence-corrected chi connectivity index (χ4v) is 2.24. The summed E-state index contributed by atoms with van der Waals surface area (Å²) < 4.78 is 21.6. The molecule has 0 aliphatic carbocycles. The van der Waals surface area contributed by atoms with Gasteiger partial charge < -0.3 is 18.9 Å². The minimum atomic E-state index is -0.615. The number of esters is 1. The van der Waals surface area contributed by atoms with Crippen molar-refractivity contribution < 1.29 is 23.7 Å². The SMILES string of the molecule is CO[C@H]1O[C@H](C)[C@@H]2N=C(C)O[C@@H]2[C@H]1OC(C)=O. The van der Waals surface area contributed by atoms with Crippen molar-refractivity contribution in [3.05, 3.63) is 0 Å². The van der Waals surface area contributed by atoms with Gasteiger partial charge in [-0.05, 0) is 6.92 Å². The van der Waals surface area contributed by atoms with Crippen LogP contribution in [0.25, 0.3) is 0 Å². The molecule has 6 nitrogen and oxygen atoms in total. The Morgan fingerprint density at radius 1 is 1.47 bits per heavy atom. The van der Waals surface area contributed by atoms with Crippen LogP contribution in [0.1, 0.15) is 20.8 Å². The molecule has 0 bridgehead atoms. The van der Waals surface area contributed by atoms with E-state index in [1.807, 2.05) is 6.92 Å². The lowest BCUT2D eigenvalue weighted by molar-refractivity contribution is -0.259. The van der Waals surface area contributed by atoms with Crippen molar-refractivity contribution in [1.82, 2.24) is 0 Å². The van der Waals surface area contributed by atoms with E-state index >= 15 is 0 Å². The monoisotopic (exact) mass is 243 g/mol. The maximum Gasteiger partial charge on any atom is 0.303 e. The molecule has 6 heteroatoms. The molecule has 96 valence electrons. The fourth-order valence-electron chi connectivity index (χ4n) is 2.24. The average Bonchev–Trinajstić information content (AvgIpc) is 2.64. The number of nitrogens with zero attached hydrogens (tertiary/aromatic N) is 1. The molecule has 2 aliphatic heterocycles. The predicted molar refractivity (Wildman–Crippen MR) is 58.7 cm³/mol. The largest absolute Gasteiger partial charge is 0.471 e. The first-order valence-electron chi connectivity index (χ1n) is 5.59. The van der Waals surface area contributed by atoms with Crippen LogP contribution in [0.15, 0.2) is 4.99 Å². The molecule has 0 spiro atoms. The zero-order valence-corrected chi connectivity index (χ0v) is 10.4. The minimum Gasteiger partial charge on any atom is -0.471 e. The third-order valence-electron chi connectivity index (χ3n) is 2.93. The summed E-state index contributed by atoms with van der Waals surface area (Å²) in [6.07, 6.45) is -1.65. The van der Waals surface area contributed by atoms with Crippen LogP contribution in [0.5, 0.6) is 0 Å². The second kappa shape index (κ2) is 4.62. The Labute approximate surface area is 99.9 Å². The Balaban J connectivity index is 2.19. The van der Waals surface area contributed by atoms with Crippen molar-refractivity contribution in [3.63, 3.8) is 0 Å². The smallest absolute Gasteiger partial charge is 0.303 e. The molecule has 2 aliphatic rings. The van der Waals surface area contributed by atoms with E-state index in [-0.39, 0.29) is 24.2 Å². The first-order valence-corrected chi connectivity index (χ1v) is 5.59. The summed E-state index contributed by atoms with van der Waals surface area (Å²) in [5.74, 6) is 0.200. The summed E-state index contributed by atoms with van der Waals surface area (Å²) in [6.45, 7) is 5.03. The molecule has 0 aromatic carbocycles. The predicted octanol–water partition coefficient (Wildman–Crippen LogP) is 0.495. The normalized spacial score (nSPS) is 40.2. The van der Waals surface area contributed by atoms with E-state index in [0.29, 0.717) is 5.90 Å². The van der Waals surface area contributed by atoms with E-state index in [2.05, 4.69) is 4.99 Å². The summed E-state index contributed by atoms with van der Waals surface area (Å²) in [6, 6.07) is -0.147. The van der Waals surface area contributed by atoms with Gasteiger partial charge >= 0.3 is 5.97 Å². The lowest BCUT2D eigenvalue weighted by Gasteiger charge is -2.39. The van der Waals surface area contributed by atoms with Gasteiger partial charge in [-0.1, -0.05) is 0 Å². The van der Waals surface area contributed by atoms with Crippen molar-refractivity contribution in [2.45, 2.75) is 51.4 Å². The molecule has 17 heavy (non-hydrogen) atoms. The van der Waals surface area contributed by atoms with Gasteiger partial charge in [-0.2, -0.15) is 0 Å². The number of hydrogen-bond donors (Lipinski definition) is 0. The Morgan fingerprint density at radius 3 is 2.76 bits per heavy atom. The summed E-state index contributed by atoms with van der Waals surface area (Å²) in [4.78, 5) is 15.4. The maximum absolute atomic E-state index is 11.1. The standard InChI is InChI=1S/C11H17NO5/c1-5-8-9(16-6(2)12-8)10(17-7(3)13)11(14-4)15-5/h5,8-11H,1-4H3/t5-,8+,9+,10-,11+/m1/s1. The Bertz CT molecular complexity index is 343. The lowest BCUT2D eigenvalue weighted by Crippen LogP contribution is -2.57. The van der Waals surface area contributed by atoms with Crippen LogP contribution in [0.4, 0.5) is 0 Å². The Kier molecular flexibility index (Phi) is 3.35. The summed E-state index contributed by atoms with van der Waals surface area (Å²) in [7, 11) is 1.51. The molecule has 0 aromatic rings. The summed E-state index contributed by atoms with van der Waals surface area (Å²) in [5, 5.41) is 0. The van der Waals surface area contributed by atoms with Crippen molar-refractivity contribution in [1.29, 1.82) is 0 Å². The number of aliphatic imine (C=N–C) groups is 1. The number of fused-ring (bicyclic) bond motifs is 1. The van der Waals surface area contributed by atoms with Crippen LogP contribution < -0.4 is 0 Å². The van der Waals surface area contributed by atoms with E-state index in [0.717, 1.165) is 0 Å². The molecule has 1 fully saturated rings. The van der Waals surface area contributed by atoms with Crippen LogP contribution in [-0.4, -0.2) is 49.6 Å². The van der Waals surface area contributed by atoms with Crippen molar-refractivity contribution in [2.75, 3.05) is 7.11 Å². The quantitative estimate of drug-likeness (QED) is 0.660. The van der Waals surface area contributed by atoms with Crippen molar-refractivity contribution in [2.24, 2.45) is 4.99 Å². The first-order chi connectivity index (χ1) is 8.02. The summed E-state index contributed by atoms with van der Waals surface area (Å²) in [5.41, 5.74) is 0. The van der Waals surface area contributed by atoms with Gasteiger partial charge in [0.1, 0.15) is 6.04 Å². The van der Waals surface area contributed by atoms with E-state index in [4.69, 9.17) is 18.9 Å². The van der Waals surface area contributed by atoms with Gasteiger partial charge in [0.2, 0.25) is 0 Å². The minimum absolute atomic E-state index is 0.130. The lowest BCUT2D eigenvalue weighted by atomic mass is 9.98. The molecular weight excluding hydrogens is 226 g/mol. The van der Waals surface area contributed by atoms with Gasteiger partial charge in [0.15, 0.2) is 24.4 Å². The number of methoxy groups -OCH3 is 1. The van der Waals surface area contributed by atoms with Gasteiger partial charge in [0.25, 0.3) is 0 Å². The molecule has 0 saturated carbocycles. The number of ether oxygens (including phenoxy) is 4. The van der Waals surface area contributed by atoms with Gasteiger partial charge in [-0.25, -0.2) is 4.99 Å². The molecule has 2 rings (SSSR count). The number of hydrogen-bond acceptors (Lipinski definition) is 6. The van der Waals surface area contributed by atoms with Crippen molar-refractivity contribution in [3.8, 4) is 0 Å². The molecule has 5 atom stereocenters. The zero-order chi connectivity index (χ0) is 12.6. The van der Waals surface area contributed by atoms with Crippen LogP contribution >= 0.6 is 0 Å². The maximum atomic E-state index is 11.1. The molecule has 0 unspecified atom stereocenters. The number of rotatable bonds is 2. The average molecular weight is 243 g/mol. The van der Waals surface area contributed by atoms with Crippen LogP contribution in [0, 0.1) is 0 Å². The number of carbonyl (C=O) groups excluding carboxylic acids is 1. The topological polar surface area (TPSA) is 66.3 Å².